The molecule has 5 aliphatic rings. The van der Waals surface area contributed by atoms with Gasteiger partial charge in [-0.25, -0.2) is 4.79 Å². The quantitative estimate of drug-likeness (QED) is 0.447. The van der Waals surface area contributed by atoms with Crippen LogP contribution >= 0.6 is 0 Å². The SMILES string of the molecule is O=C(OCc1ccccc1)N1[C@H]2C=C[C@@H]1[C@]13C(=O)OC(=O)[C@]21[C@@H]1C=C[C@H]3O1. The topological polar surface area (TPSA) is 82.1 Å². The van der Waals surface area contributed by atoms with Crippen LogP contribution in [-0.4, -0.2) is 47.2 Å². The number of benzene rings is 1. The first-order chi connectivity index (χ1) is 13.1. The minimum atomic E-state index is -1.21. The summed E-state index contributed by atoms with van der Waals surface area (Å²) in [5, 5.41) is 0. The van der Waals surface area contributed by atoms with E-state index >= 15 is 0 Å². The van der Waals surface area contributed by atoms with Gasteiger partial charge >= 0.3 is 18.0 Å². The van der Waals surface area contributed by atoms with Crippen LogP contribution in [0.25, 0.3) is 0 Å². The zero-order valence-corrected chi connectivity index (χ0v) is 14.1. The molecule has 6 atom stereocenters. The van der Waals surface area contributed by atoms with Crippen molar-refractivity contribution in [3.05, 3.63) is 60.2 Å². The Bertz CT molecular complexity index is 908. The maximum absolute atomic E-state index is 12.9. The molecule has 4 bridgehead atoms. The fourth-order valence-electron chi connectivity index (χ4n) is 5.66. The van der Waals surface area contributed by atoms with E-state index in [2.05, 4.69) is 0 Å². The molecule has 5 aliphatic heterocycles. The second-order valence-electron chi connectivity index (χ2n) is 7.50. The van der Waals surface area contributed by atoms with E-state index in [0.29, 0.717) is 0 Å². The smallest absolute Gasteiger partial charge is 0.411 e. The van der Waals surface area contributed by atoms with Gasteiger partial charge < -0.3 is 14.2 Å². The van der Waals surface area contributed by atoms with Gasteiger partial charge in [0.1, 0.15) is 17.4 Å². The molecular formula is C20H15NO6. The molecule has 0 radical (unpaired) electrons. The van der Waals surface area contributed by atoms with Crippen molar-refractivity contribution in [3.8, 4) is 0 Å². The van der Waals surface area contributed by atoms with Gasteiger partial charge in [0.2, 0.25) is 0 Å². The monoisotopic (exact) mass is 365 g/mol. The molecule has 0 aromatic heterocycles. The standard InChI is InChI=1S/C20H15NO6/c22-16-19-12-6-7-13(20(19,17(23)27-16)15-9-8-14(19)26-15)21(12)18(24)25-10-11-4-2-1-3-5-11/h1-9,12-15H,10H2/t12-,13+,14-,15+,19+,20-. The summed E-state index contributed by atoms with van der Waals surface area (Å²) in [6, 6.07) is 8.11. The number of cyclic esters (lactones) is 2. The number of fused-ring (bicyclic) bond motifs is 4. The van der Waals surface area contributed by atoms with Gasteiger partial charge in [-0.1, -0.05) is 54.6 Å². The summed E-state index contributed by atoms with van der Waals surface area (Å²) in [5.41, 5.74) is -1.56. The Morgan fingerprint density at radius 3 is 2.15 bits per heavy atom. The number of carbonyl (C=O) groups is 3. The van der Waals surface area contributed by atoms with Gasteiger partial charge in [-0.2, -0.15) is 0 Å². The highest BCUT2D eigenvalue weighted by Crippen LogP contribution is 2.72. The van der Waals surface area contributed by atoms with Gasteiger partial charge in [-0.15, -0.1) is 0 Å². The van der Waals surface area contributed by atoms with Crippen LogP contribution in [-0.2, 0) is 30.4 Å². The Morgan fingerprint density at radius 2 is 1.56 bits per heavy atom. The summed E-state index contributed by atoms with van der Waals surface area (Å²) in [4.78, 5) is 40.1. The highest BCUT2D eigenvalue weighted by molar-refractivity contribution is 6.07. The van der Waals surface area contributed by atoms with Crippen molar-refractivity contribution in [1.29, 1.82) is 0 Å². The molecule has 0 aliphatic carbocycles. The lowest BCUT2D eigenvalue weighted by molar-refractivity contribution is -0.162. The third-order valence-electron chi connectivity index (χ3n) is 6.62. The van der Waals surface area contributed by atoms with Gasteiger partial charge in [0.25, 0.3) is 0 Å². The minimum absolute atomic E-state index is 0.121. The van der Waals surface area contributed by atoms with E-state index in [0.717, 1.165) is 5.56 Å². The van der Waals surface area contributed by atoms with E-state index in [1.807, 2.05) is 30.3 Å². The number of hydrogen-bond acceptors (Lipinski definition) is 6. The van der Waals surface area contributed by atoms with E-state index in [1.165, 1.54) is 4.90 Å². The molecule has 0 spiro atoms. The highest BCUT2D eigenvalue weighted by Gasteiger charge is 2.90. The van der Waals surface area contributed by atoms with E-state index in [1.54, 1.807) is 24.3 Å². The van der Waals surface area contributed by atoms with Gasteiger partial charge in [0.05, 0.1) is 24.3 Å². The molecule has 136 valence electrons. The Labute approximate surface area is 154 Å². The fourth-order valence-corrected chi connectivity index (χ4v) is 5.66. The lowest BCUT2D eigenvalue weighted by atomic mass is 9.54. The molecule has 3 fully saturated rings. The van der Waals surface area contributed by atoms with Gasteiger partial charge in [-0.3, -0.25) is 14.5 Å². The Balaban J connectivity index is 1.38. The van der Waals surface area contributed by atoms with Crippen LogP contribution in [0.15, 0.2) is 54.6 Å². The minimum Gasteiger partial charge on any atom is -0.445 e. The first-order valence-electron chi connectivity index (χ1n) is 8.89. The summed E-state index contributed by atoms with van der Waals surface area (Å²) < 4.78 is 16.5. The van der Waals surface area contributed by atoms with Gasteiger partial charge in [0, 0.05) is 0 Å². The molecule has 0 unspecified atom stereocenters. The fraction of sp³-hybridized carbons (Fsp3) is 0.350. The number of esters is 2. The van der Waals surface area contributed by atoms with Crippen LogP contribution in [0.3, 0.4) is 0 Å². The molecular weight excluding hydrogens is 350 g/mol. The molecule has 6 rings (SSSR count). The maximum atomic E-state index is 12.9. The van der Waals surface area contributed by atoms with Gasteiger partial charge in [0.15, 0.2) is 0 Å². The van der Waals surface area contributed by atoms with Crippen molar-refractivity contribution >= 4 is 18.0 Å². The van der Waals surface area contributed by atoms with Crippen molar-refractivity contribution in [2.24, 2.45) is 10.8 Å². The number of ether oxygens (including phenoxy) is 3. The van der Waals surface area contributed by atoms with Crippen LogP contribution in [0, 0.1) is 10.8 Å². The van der Waals surface area contributed by atoms with E-state index in [-0.39, 0.29) is 6.61 Å². The number of hydrogen-bond donors (Lipinski definition) is 0. The van der Waals surface area contributed by atoms with Crippen LogP contribution in [0.4, 0.5) is 4.79 Å². The number of rotatable bonds is 2. The van der Waals surface area contributed by atoms with Crippen molar-refractivity contribution in [2.45, 2.75) is 30.9 Å². The average Bonchev–Trinajstić information content (AvgIpc) is 3.45. The van der Waals surface area contributed by atoms with E-state index < -0.39 is 53.2 Å². The Kier molecular flexibility index (Phi) is 2.62. The first kappa shape index (κ1) is 15.2. The van der Waals surface area contributed by atoms with Crippen molar-refractivity contribution in [2.75, 3.05) is 0 Å². The third-order valence-corrected chi connectivity index (χ3v) is 6.62. The predicted molar refractivity (Wildman–Crippen MR) is 88.9 cm³/mol. The molecule has 0 N–H and O–H groups in total. The second kappa shape index (κ2) is 4.67. The molecule has 1 amide bonds. The molecule has 7 heteroatoms. The highest BCUT2D eigenvalue weighted by atomic mass is 16.6. The predicted octanol–water partition coefficient (Wildman–Crippen LogP) is 1.34. The summed E-state index contributed by atoms with van der Waals surface area (Å²) in [7, 11) is 0. The van der Waals surface area contributed by atoms with Crippen LogP contribution in [0.2, 0.25) is 0 Å². The van der Waals surface area contributed by atoms with E-state index in [4.69, 9.17) is 14.2 Å². The summed E-state index contributed by atoms with van der Waals surface area (Å²) in [5.74, 6) is -1.22. The zero-order valence-electron chi connectivity index (χ0n) is 14.1. The van der Waals surface area contributed by atoms with Crippen molar-refractivity contribution in [1.82, 2.24) is 4.90 Å². The molecule has 7 nitrogen and oxygen atoms in total. The molecule has 1 aromatic carbocycles. The number of amides is 1. The van der Waals surface area contributed by atoms with Crippen molar-refractivity contribution < 1.29 is 28.6 Å². The Morgan fingerprint density at radius 1 is 0.963 bits per heavy atom. The third kappa shape index (κ3) is 1.42. The van der Waals surface area contributed by atoms with Crippen LogP contribution in [0.1, 0.15) is 5.56 Å². The maximum Gasteiger partial charge on any atom is 0.411 e. The Hall–Kier alpha value is -2.93. The van der Waals surface area contributed by atoms with E-state index in [9.17, 15) is 14.4 Å². The molecule has 1 aromatic rings. The molecule has 3 saturated heterocycles. The number of carbonyl (C=O) groups excluding carboxylic acids is 3. The van der Waals surface area contributed by atoms with Crippen molar-refractivity contribution in [3.63, 3.8) is 0 Å². The first-order valence-corrected chi connectivity index (χ1v) is 8.89. The average molecular weight is 365 g/mol. The normalized spacial score (nSPS) is 41.9. The summed E-state index contributed by atoms with van der Waals surface area (Å²) >= 11 is 0. The van der Waals surface area contributed by atoms with Crippen LogP contribution in [0.5, 0.6) is 0 Å². The lowest BCUT2D eigenvalue weighted by Crippen LogP contribution is -2.56. The molecule has 5 heterocycles. The molecule has 27 heavy (non-hydrogen) atoms. The number of nitrogens with zero attached hydrogens (tertiary/aromatic N) is 1. The second-order valence-corrected chi connectivity index (χ2v) is 7.50. The summed E-state index contributed by atoms with van der Waals surface area (Å²) in [6.07, 6.45) is 5.48. The molecule has 0 saturated carbocycles. The zero-order chi connectivity index (χ0) is 18.4. The largest absolute Gasteiger partial charge is 0.445 e. The van der Waals surface area contributed by atoms with Crippen LogP contribution < -0.4 is 0 Å². The van der Waals surface area contributed by atoms with Gasteiger partial charge in [-0.05, 0) is 5.56 Å². The summed E-state index contributed by atoms with van der Waals surface area (Å²) in [6.45, 7) is 0.121. The lowest BCUT2D eigenvalue weighted by Gasteiger charge is -2.36.